The standard InChI is InChI=1S/C20H20FN3O4S/c1-3-27-18-5-4-15(21)9-19(18)29(25,26)12-14-8-16-17-6-7-23-24(17)13(2)11-28-20(16)22-10-14/h4-10,13H,3,11-12H2,1-2H3/t13-/m1/s1. The van der Waals surface area contributed by atoms with Crippen molar-refractivity contribution in [3.63, 3.8) is 0 Å². The highest BCUT2D eigenvalue weighted by atomic mass is 32.2. The fourth-order valence-electron chi connectivity index (χ4n) is 3.32. The van der Waals surface area contributed by atoms with Crippen LogP contribution in [0.2, 0.25) is 0 Å². The minimum Gasteiger partial charge on any atom is -0.493 e. The molecule has 0 unspecified atom stereocenters. The highest BCUT2D eigenvalue weighted by Gasteiger charge is 2.25. The smallest absolute Gasteiger partial charge is 0.222 e. The average molecular weight is 417 g/mol. The fourth-order valence-corrected chi connectivity index (χ4v) is 4.80. The van der Waals surface area contributed by atoms with Crippen LogP contribution in [0, 0.1) is 5.82 Å². The molecule has 0 saturated carbocycles. The van der Waals surface area contributed by atoms with Gasteiger partial charge in [-0.25, -0.2) is 17.8 Å². The summed E-state index contributed by atoms with van der Waals surface area (Å²) in [5.74, 6) is -0.427. The average Bonchev–Trinajstić information content (AvgIpc) is 3.13. The summed E-state index contributed by atoms with van der Waals surface area (Å²) in [7, 11) is -3.87. The number of benzene rings is 1. The number of ether oxygens (including phenoxy) is 2. The van der Waals surface area contributed by atoms with Gasteiger partial charge in [-0.3, -0.25) is 4.68 Å². The number of fused-ring (bicyclic) bond motifs is 3. The molecule has 9 heteroatoms. The SMILES string of the molecule is CCOc1ccc(F)cc1S(=O)(=O)Cc1cnc2c(c1)-c1ccnn1[C@H](C)CO2. The van der Waals surface area contributed by atoms with Gasteiger partial charge in [-0.05, 0) is 49.7 Å². The maximum Gasteiger partial charge on any atom is 0.222 e. The Balaban J connectivity index is 1.73. The van der Waals surface area contributed by atoms with Crippen LogP contribution in [0.3, 0.4) is 0 Å². The fraction of sp³-hybridized carbons (Fsp3) is 0.300. The van der Waals surface area contributed by atoms with Crippen LogP contribution in [0.1, 0.15) is 25.5 Å². The first-order valence-corrected chi connectivity index (χ1v) is 10.8. The van der Waals surface area contributed by atoms with Gasteiger partial charge in [0.25, 0.3) is 0 Å². The minimum absolute atomic E-state index is 0.0161. The van der Waals surface area contributed by atoms with E-state index in [0.717, 1.165) is 11.8 Å². The summed E-state index contributed by atoms with van der Waals surface area (Å²) in [5, 5.41) is 4.32. The molecule has 0 fully saturated rings. The van der Waals surface area contributed by atoms with Crippen LogP contribution in [0.25, 0.3) is 11.3 Å². The third-order valence-electron chi connectivity index (χ3n) is 4.63. The molecule has 1 atom stereocenters. The van der Waals surface area contributed by atoms with E-state index in [-0.39, 0.29) is 29.0 Å². The molecule has 7 nitrogen and oxygen atoms in total. The highest BCUT2D eigenvalue weighted by Crippen LogP contribution is 2.35. The summed E-state index contributed by atoms with van der Waals surface area (Å²) in [5.41, 5.74) is 1.93. The Morgan fingerprint density at radius 1 is 1.31 bits per heavy atom. The van der Waals surface area contributed by atoms with E-state index in [0.29, 0.717) is 23.6 Å². The number of pyridine rings is 1. The molecule has 152 valence electrons. The number of nitrogens with zero attached hydrogens (tertiary/aromatic N) is 3. The van der Waals surface area contributed by atoms with E-state index >= 15 is 0 Å². The molecule has 0 aliphatic carbocycles. The monoisotopic (exact) mass is 417 g/mol. The van der Waals surface area contributed by atoms with Gasteiger partial charge < -0.3 is 9.47 Å². The third kappa shape index (κ3) is 3.69. The van der Waals surface area contributed by atoms with Crippen molar-refractivity contribution >= 4 is 9.84 Å². The molecular weight excluding hydrogens is 397 g/mol. The first-order chi connectivity index (χ1) is 13.9. The molecule has 1 aliphatic rings. The Bertz CT molecular complexity index is 1160. The van der Waals surface area contributed by atoms with Crippen molar-refractivity contribution in [2.45, 2.75) is 30.5 Å². The van der Waals surface area contributed by atoms with Gasteiger partial charge in [0.1, 0.15) is 23.1 Å². The van der Waals surface area contributed by atoms with Crippen molar-refractivity contribution < 1.29 is 22.3 Å². The van der Waals surface area contributed by atoms with Crippen LogP contribution < -0.4 is 9.47 Å². The molecule has 3 aromatic rings. The summed E-state index contributed by atoms with van der Waals surface area (Å²) in [6.07, 6.45) is 3.15. The molecule has 2 aromatic heterocycles. The Morgan fingerprint density at radius 3 is 2.93 bits per heavy atom. The lowest BCUT2D eigenvalue weighted by molar-refractivity contribution is 0.252. The number of halogens is 1. The quantitative estimate of drug-likeness (QED) is 0.633. The van der Waals surface area contributed by atoms with Crippen molar-refractivity contribution in [3.8, 4) is 22.9 Å². The van der Waals surface area contributed by atoms with Gasteiger partial charge in [0, 0.05) is 12.4 Å². The lowest BCUT2D eigenvalue weighted by Crippen LogP contribution is -2.13. The number of aromatic nitrogens is 3. The van der Waals surface area contributed by atoms with Gasteiger partial charge in [-0.1, -0.05) is 0 Å². The topological polar surface area (TPSA) is 83.3 Å². The minimum atomic E-state index is -3.87. The van der Waals surface area contributed by atoms with E-state index in [9.17, 15) is 12.8 Å². The Kier molecular flexibility index (Phi) is 4.99. The van der Waals surface area contributed by atoms with Crippen LogP contribution >= 0.6 is 0 Å². The van der Waals surface area contributed by atoms with E-state index in [1.807, 2.05) is 17.7 Å². The van der Waals surface area contributed by atoms with Crippen molar-refractivity contribution in [2.75, 3.05) is 13.2 Å². The molecule has 0 amide bonds. The second-order valence-electron chi connectivity index (χ2n) is 6.80. The van der Waals surface area contributed by atoms with Crippen molar-refractivity contribution in [3.05, 3.63) is 54.1 Å². The zero-order chi connectivity index (χ0) is 20.6. The molecular formula is C20H20FN3O4S. The number of rotatable bonds is 5. The Labute approximate surface area is 168 Å². The number of sulfone groups is 1. The predicted octanol–water partition coefficient (Wildman–Crippen LogP) is 3.41. The molecule has 1 aromatic carbocycles. The van der Waals surface area contributed by atoms with Gasteiger partial charge in [-0.2, -0.15) is 5.10 Å². The maximum atomic E-state index is 13.7. The zero-order valence-electron chi connectivity index (χ0n) is 16.0. The van der Waals surface area contributed by atoms with E-state index in [1.54, 1.807) is 19.2 Å². The Hall–Kier alpha value is -2.94. The Morgan fingerprint density at radius 2 is 2.14 bits per heavy atom. The van der Waals surface area contributed by atoms with Crippen LogP contribution in [-0.4, -0.2) is 36.4 Å². The van der Waals surface area contributed by atoms with Crippen LogP contribution in [0.5, 0.6) is 11.6 Å². The summed E-state index contributed by atoms with van der Waals surface area (Å²) < 4.78 is 52.7. The van der Waals surface area contributed by atoms with Crippen LogP contribution in [-0.2, 0) is 15.6 Å². The molecule has 3 heterocycles. The van der Waals surface area contributed by atoms with Gasteiger partial charge in [0.15, 0.2) is 9.84 Å². The van der Waals surface area contributed by atoms with Gasteiger partial charge in [-0.15, -0.1) is 0 Å². The van der Waals surface area contributed by atoms with E-state index in [1.165, 1.54) is 18.3 Å². The lowest BCUT2D eigenvalue weighted by Gasteiger charge is -2.12. The van der Waals surface area contributed by atoms with Crippen molar-refractivity contribution in [1.82, 2.24) is 14.8 Å². The normalized spacial score (nSPS) is 15.8. The van der Waals surface area contributed by atoms with E-state index in [4.69, 9.17) is 9.47 Å². The largest absolute Gasteiger partial charge is 0.493 e. The molecule has 1 aliphatic heterocycles. The summed E-state index contributed by atoms with van der Waals surface area (Å²) in [4.78, 5) is 4.14. The van der Waals surface area contributed by atoms with Gasteiger partial charge in [0.05, 0.1) is 29.7 Å². The molecule has 0 bridgehead atoms. The summed E-state index contributed by atoms with van der Waals surface area (Å²) in [6.45, 7) is 4.40. The van der Waals surface area contributed by atoms with E-state index < -0.39 is 15.7 Å². The van der Waals surface area contributed by atoms with Crippen molar-refractivity contribution in [1.29, 1.82) is 0 Å². The second kappa shape index (κ2) is 7.47. The molecule has 29 heavy (non-hydrogen) atoms. The second-order valence-corrected chi connectivity index (χ2v) is 8.76. The predicted molar refractivity (Wildman–Crippen MR) is 104 cm³/mol. The van der Waals surface area contributed by atoms with Crippen LogP contribution in [0.15, 0.2) is 47.6 Å². The maximum absolute atomic E-state index is 13.7. The molecule has 0 saturated heterocycles. The van der Waals surface area contributed by atoms with E-state index in [2.05, 4.69) is 10.1 Å². The summed E-state index contributed by atoms with van der Waals surface area (Å²) >= 11 is 0. The molecule has 0 radical (unpaired) electrons. The van der Waals surface area contributed by atoms with Gasteiger partial charge in [0.2, 0.25) is 5.88 Å². The number of hydrogen-bond acceptors (Lipinski definition) is 6. The molecule has 0 N–H and O–H groups in total. The first-order valence-electron chi connectivity index (χ1n) is 9.19. The lowest BCUT2D eigenvalue weighted by atomic mass is 10.1. The van der Waals surface area contributed by atoms with Gasteiger partial charge >= 0.3 is 0 Å². The van der Waals surface area contributed by atoms with Crippen LogP contribution in [0.4, 0.5) is 4.39 Å². The molecule has 0 spiro atoms. The summed E-state index contributed by atoms with van der Waals surface area (Å²) in [6, 6.07) is 7.07. The number of hydrogen-bond donors (Lipinski definition) is 0. The van der Waals surface area contributed by atoms with Crippen molar-refractivity contribution in [2.24, 2.45) is 0 Å². The third-order valence-corrected chi connectivity index (χ3v) is 6.33. The first kappa shape index (κ1) is 19.4. The highest BCUT2D eigenvalue weighted by molar-refractivity contribution is 7.90. The molecule has 4 rings (SSSR count). The zero-order valence-corrected chi connectivity index (χ0v) is 16.8.